The summed E-state index contributed by atoms with van der Waals surface area (Å²) in [7, 11) is 0. The Morgan fingerprint density at radius 1 is 1.16 bits per heavy atom. The largest absolute Gasteiger partial charge is 0.484 e. The molecule has 2 aromatic carbocycles. The average molecular weight is 424 g/mol. The van der Waals surface area contributed by atoms with E-state index in [4.69, 9.17) is 9.47 Å². The van der Waals surface area contributed by atoms with Crippen molar-refractivity contribution in [1.82, 2.24) is 10.2 Å². The molecular formula is C24H29N3O4. The van der Waals surface area contributed by atoms with Gasteiger partial charge in [0.05, 0.1) is 19.3 Å². The molecule has 2 aliphatic heterocycles. The predicted octanol–water partition coefficient (Wildman–Crippen LogP) is 2.45. The third kappa shape index (κ3) is 5.83. The van der Waals surface area contributed by atoms with E-state index in [1.807, 2.05) is 12.1 Å². The molecule has 2 aromatic rings. The molecule has 2 amide bonds. The van der Waals surface area contributed by atoms with Gasteiger partial charge in [-0.15, -0.1) is 0 Å². The zero-order chi connectivity index (χ0) is 21.6. The number of morpholine rings is 1. The zero-order valence-electron chi connectivity index (χ0n) is 17.9. The molecule has 0 aromatic heterocycles. The van der Waals surface area contributed by atoms with Crippen molar-refractivity contribution in [3.8, 4) is 5.75 Å². The Hall–Kier alpha value is -2.90. The van der Waals surface area contributed by atoms with Crippen molar-refractivity contribution in [2.75, 3.05) is 44.8 Å². The summed E-state index contributed by atoms with van der Waals surface area (Å²) in [6.07, 6.45) is 1.15. The van der Waals surface area contributed by atoms with Crippen molar-refractivity contribution in [3.63, 3.8) is 0 Å². The van der Waals surface area contributed by atoms with Gasteiger partial charge in [-0.05, 0) is 42.7 Å². The first-order chi connectivity index (χ1) is 15.1. The minimum absolute atomic E-state index is 0.0305. The van der Waals surface area contributed by atoms with Crippen LogP contribution >= 0.6 is 0 Å². The summed E-state index contributed by atoms with van der Waals surface area (Å²) >= 11 is 0. The van der Waals surface area contributed by atoms with Crippen LogP contribution in [0.4, 0.5) is 5.69 Å². The lowest BCUT2D eigenvalue weighted by atomic mass is 10.0. The van der Waals surface area contributed by atoms with Crippen LogP contribution in [0.1, 0.15) is 29.2 Å². The standard InChI is InChI=1S/C24H29N3O4/c1-17-2-4-18(5-3-17)22(15-27-10-12-30-13-11-27)26-24(29)16-31-20-7-8-21-19(14-20)6-9-23(28)25-21/h2-5,7-8,14,22H,6,9-13,15-16H2,1H3,(H,25,28)(H,26,29). The molecule has 0 spiro atoms. The maximum absolute atomic E-state index is 12.7. The quantitative estimate of drug-likeness (QED) is 0.715. The Balaban J connectivity index is 1.37. The number of carbonyl (C=O) groups is 2. The van der Waals surface area contributed by atoms with Gasteiger partial charge in [-0.1, -0.05) is 29.8 Å². The molecule has 1 fully saturated rings. The number of fused-ring (bicyclic) bond motifs is 1. The minimum atomic E-state index is -0.162. The van der Waals surface area contributed by atoms with Crippen molar-refractivity contribution < 1.29 is 19.1 Å². The van der Waals surface area contributed by atoms with Crippen molar-refractivity contribution >= 4 is 17.5 Å². The topological polar surface area (TPSA) is 79.9 Å². The number of ether oxygens (including phenoxy) is 2. The number of amides is 2. The van der Waals surface area contributed by atoms with Crippen molar-refractivity contribution in [2.45, 2.75) is 25.8 Å². The number of nitrogens with zero attached hydrogens (tertiary/aromatic N) is 1. The second-order valence-electron chi connectivity index (χ2n) is 8.10. The van der Waals surface area contributed by atoms with Crippen molar-refractivity contribution in [1.29, 1.82) is 0 Å². The van der Waals surface area contributed by atoms with Gasteiger partial charge in [0.15, 0.2) is 6.61 Å². The molecule has 1 unspecified atom stereocenters. The molecule has 164 valence electrons. The number of aryl methyl sites for hydroxylation is 2. The SMILES string of the molecule is Cc1ccc(C(CN2CCOCC2)NC(=O)COc2ccc3c(c2)CCC(=O)N3)cc1. The van der Waals surface area contributed by atoms with Gasteiger partial charge in [0.2, 0.25) is 5.91 Å². The highest BCUT2D eigenvalue weighted by molar-refractivity contribution is 5.94. The molecule has 2 aliphatic rings. The van der Waals surface area contributed by atoms with E-state index in [9.17, 15) is 9.59 Å². The number of rotatable bonds is 7. The van der Waals surface area contributed by atoms with Gasteiger partial charge in [0.25, 0.3) is 5.91 Å². The van der Waals surface area contributed by atoms with E-state index >= 15 is 0 Å². The number of nitrogens with one attached hydrogen (secondary N) is 2. The maximum Gasteiger partial charge on any atom is 0.258 e. The summed E-state index contributed by atoms with van der Waals surface area (Å²) in [5, 5.41) is 5.99. The summed E-state index contributed by atoms with van der Waals surface area (Å²) in [6, 6.07) is 13.7. The summed E-state index contributed by atoms with van der Waals surface area (Å²) in [6.45, 7) is 5.89. The van der Waals surface area contributed by atoms with E-state index < -0.39 is 0 Å². The van der Waals surface area contributed by atoms with Crippen LogP contribution < -0.4 is 15.4 Å². The van der Waals surface area contributed by atoms with E-state index in [-0.39, 0.29) is 24.5 Å². The fourth-order valence-corrected chi connectivity index (χ4v) is 3.91. The molecule has 31 heavy (non-hydrogen) atoms. The molecule has 0 aliphatic carbocycles. The number of hydrogen-bond acceptors (Lipinski definition) is 5. The van der Waals surface area contributed by atoms with Crippen LogP contribution in [0.25, 0.3) is 0 Å². The third-order valence-corrected chi connectivity index (χ3v) is 5.70. The molecule has 0 bridgehead atoms. The van der Waals surface area contributed by atoms with Crippen LogP contribution in [0.2, 0.25) is 0 Å². The van der Waals surface area contributed by atoms with Crippen LogP contribution in [-0.4, -0.2) is 56.2 Å². The van der Waals surface area contributed by atoms with Gasteiger partial charge >= 0.3 is 0 Å². The Morgan fingerprint density at radius 2 is 1.94 bits per heavy atom. The van der Waals surface area contributed by atoms with Gasteiger partial charge in [0.1, 0.15) is 5.75 Å². The number of benzene rings is 2. The summed E-state index contributed by atoms with van der Waals surface area (Å²) < 4.78 is 11.2. The molecule has 4 rings (SSSR count). The smallest absolute Gasteiger partial charge is 0.258 e. The van der Waals surface area contributed by atoms with Crippen LogP contribution in [-0.2, 0) is 20.7 Å². The highest BCUT2D eigenvalue weighted by atomic mass is 16.5. The van der Waals surface area contributed by atoms with Gasteiger partial charge in [0, 0.05) is 31.7 Å². The molecule has 1 saturated heterocycles. The number of hydrogen-bond donors (Lipinski definition) is 2. The van der Waals surface area contributed by atoms with E-state index in [1.165, 1.54) is 5.56 Å². The van der Waals surface area contributed by atoms with E-state index in [2.05, 4.69) is 46.7 Å². The summed E-state index contributed by atoms with van der Waals surface area (Å²) in [5.74, 6) is 0.498. The maximum atomic E-state index is 12.7. The first kappa shape index (κ1) is 21.3. The summed E-state index contributed by atoms with van der Waals surface area (Å²) in [5.41, 5.74) is 4.11. The Morgan fingerprint density at radius 3 is 2.71 bits per heavy atom. The van der Waals surface area contributed by atoms with Crippen molar-refractivity contribution in [2.24, 2.45) is 0 Å². The van der Waals surface area contributed by atoms with Gasteiger partial charge < -0.3 is 20.1 Å². The van der Waals surface area contributed by atoms with Crippen LogP contribution in [0, 0.1) is 6.92 Å². The number of carbonyl (C=O) groups excluding carboxylic acids is 2. The predicted molar refractivity (Wildman–Crippen MR) is 118 cm³/mol. The molecule has 7 heteroatoms. The monoisotopic (exact) mass is 423 g/mol. The van der Waals surface area contributed by atoms with Gasteiger partial charge in [-0.25, -0.2) is 0 Å². The lowest BCUT2D eigenvalue weighted by molar-refractivity contribution is -0.124. The molecule has 2 N–H and O–H groups in total. The third-order valence-electron chi connectivity index (χ3n) is 5.70. The normalized spacial score (nSPS) is 17.4. The van der Waals surface area contributed by atoms with Gasteiger partial charge in [-0.2, -0.15) is 0 Å². The lowest BCUT2D eigenvalue weighted by Gasteiger charge is -2.31. The van der Waals surface area contributed by atoms with E-state index in [0.717, 1.165) is 49.7 Å². The average Bonchev–Trinajstić information content (AvgIpc) is 2.78. The first-order valence-corrected chi connectivity index (χ1v) is 10.8. The van der Waals surface area contributed by atoms with Crippen LogP contribution in [0.15, 0.2) is 42.5 Å². The highest BCUT2D eigenvalue weighted by Gasteiger charge is 2.21. The van der Waals surface area contributed by atoms with Crippen molar-refractivity contribution in [3.05, 3.63) is 59.2 Å². The van der Waals surface area contributed by atoms with E-state index in [1.54, 1.807) is 6.07 Å². The molecule has 1 atom stereocenters. The molecule has 0 radical (unpaired) electrons. The Kier molecular flexibility index (Phi) is 6.84. The Labute approximate surface area is 182 Å². The second kappa shape index (κ2) is 9.94. The fourth-order valence-electron chi connectivity index (χ4n) is 3.91. The second-order valence-corrected chi connectivity index (χ2v) is 8.10. The number of anilines is 1. The fraction of sp³-hybridized carbons (Fsp3) is 0.417. The molecule has 7 nitrogen and oxygen atoms in total. The molecular weight excluding hydrogens is 394 g/mol. The van der Waals surface area contributed by atoms with Gasteiger partial charge in [-0.3, -0.25) is 14.5 Å². The molecule has 0 saturated carbocycles. The highest BCUT2D eigenvalue weighted by Crippen LogP contribution is 2.26. The van der Waals surface area contributed by atoms with Crippen LogP contribution in [0.3, 0.4) is 0 Å². The van der Waals surface area contributed by atoms with Crippen LogP contribution in [0.5, 0.6) is 5.75 Å². The first-order valence-electron chi connectivity index (χ1n) is 10.8. The summed E-state index contributed by atoms with van der Waals surface area (Å²) in [4.78, 5) is 26.5. The minimum Gasteiger partial charge on any atom is -0.484 e. The lowest BCUT2D eigenvalue weighted by Crippen LogP contribution is -2.44. The zero-order valence-corrected chi connectivity index (χ0v) is 17.9. The molecule has 2 heterocycles. The Bertz CT molecular complexity index is 923. The van der Waals surface area contributed by atoms with E-state index in [0.29, 0.717) is 18.6 Å².